The molecule has 0 saturated heterocycles. The summed E-state index contributed by atoms with van der Waals surface area (Å²) >= 11 is 0. The van der Waals surface area contributed by atoms with Crippen molar-refractivity contribution in [1.29, 1.82) is 0 Å². The predicted octanol–water partition coefficient (Wildman–Crippen LogP) is 2.05. The van der Waals surface area contributed by atoms with Crippen LogP contribution in [0.25, 0.3) is 0 Å². The van der Waals surface area contributed by atoms with E-state index in [-0.39, 0.29) is 18.4 Å². The van der Waals surface area contributed by atoms with Gasteiger partial charge in [-0.25, -0.2) is 0 Å². The SMILES string of the molecule is CCC(CCNC(=O)C1=COCC1)NC(O)NC1=CCC(C(F)(F)F)C=C1. The zero-order valence-corrected chi connectivity index (χ0v) is 15.2. The van der Waals surface area contributed by atoms with Gasteiger partial charge in [-0.2, -0.15) is 13.2 Å². The Morgan fingerprint density at radius 2 is 2.22 bits per heavy atom. The number of rotatable bonds is 9. The van der Waals surface area contributed by atoms with E-state index < -0.39 is 18.4 Å². The van der Waals surface area contributed by atoms with E-state index in [9.17, 15) is 23.1 Å². The molecule has 1 aliphatic heterocycles. The lowest BCUT2D eigenvalue weighted by molar-refractivity contribution is -0.160. The van der Waals surface area contributed by atoms with E-state index in [1.807, 2.05) is 6.92 Å². The molecule has 2 rings (SSSR count). The highest BCUT2D eigenvalue weighted by Gasteiger charge is 2.37. The summed E-state index contributed by atoms with van der Waals surface area (Å²) in [4.78, 5) is 11.9. The fourth-order valence-corrected chi connectivity index (χ4v) is 2.83. The number of ether oxygens (including phenoxy) is 1. The summed E-state index contributed by atoms with van der Waals surface area (Å²) in [5.41, 5.74) is 1.05. The zero-order chi connectivity index (χ0) is 19.9. The van der Waals surface area contributed by atoms with Gasteiger partial charge in [0.2, 0.25) is 5.91 Å². The molecule has 1 aliphatic carbocycles. The van der Waals surface area contributed by atoms with Gasteiger partial charge in [0.25, 0.3) is 0 Å². The first kappa shape index (κ1) is 21.3. The Labute approximate surface area is 156 Å². The van der Waals surface area contributed by atoms with Crippen LogP contribution in [0, 0.1) is 5.92 Å². The van der Waals surface area contributed by atoms with E-state index in [1.54, 1.807) is 0 Å². The fourth-order valence-electron chi connectivity index (χ4n) is 2.83. The molecule has 0 aromatic heterocycles. The Balaban J connectivity index is 1.70. The van der Waals surface area contributed by atoms with Crippen LogP contribution in [0.4, 0.5) is 13.2 Å². The summed E-state index contributed by atoms with van der Waals surface area (Å²) in [6.45, 7) is 2.89. The first-order valence-electron chi connectivity index (χ1n) is 9.04. The molecular formula is C18H26F3N3O3. The molecule has 1 amide bonds. The van der Waals surface area contributed by atoms with E-state index in [2.05, 4.69) is 16.0 Å². The Hall–Kier alpha value is -2.00. The van der Waals surface area contributed by atoms with Crippen molar-refractivity contribution in [2.24, 2.45) is 5.92 Å². The normalized spacial score (nSPS) is 21.7. The van der Waals surface area contributed by atoms with Gasteiger partial charge in [-0.3, -0.25) is 10.1 Å². The average Bonchev–Trinajstić information content (AvgIpc) is 3.15. The third kappa shape index (κ3) is 6.91. The second-order valence-electron chi connectivity index (χ2n) is 6.53. The van der Waals surface area contributed by atoms with Crippen molar-refractivity contribution in [2.45, 2.75) is 51.2 Å². The van der Waals surface area contributed by atoms with Gasteiger partial charge in [0, 0.05) is 24.7 Å². The Morgan fingerprint density at radius 1 is 1.44 bits per heavy atom. The molecule has 0 aromatic rings. The molecule has 27 heavy (non-hydrogen) atoms. The lowest BCUT2D eigenvalue weighted by atomic mass is 9.99. The van der Waals surface area contributed by atoms with E-state index in [0.29, 0.717) is 43.7 Å². The first-order chi connectivity index (χ1) is 12.8. The van der Waals surface area contributed by atoms with Gasteiger partial charge in [-0.1, -0.05) is 19.1 Å². The predicted molar refractivity (Wildman–Crippen MR) is 94.0 cm³/mol. The van der Waals surface area contributed by atoms with Crippen molar-refractivity contribution >= 4 is 5.91 Å². The molecule has 152 valence electrons. The van der Waals surface area contributed by atoms with Crippen molar-refractivity contribution in [3.8, 4) is 0 Å². The molecule has 0 radical (unpaired) electrons. The number of alkyl halides is 3. The van der Waals surface area contributed by atoms with Crippen LogP contribution in [0.2, 0.25) is 0 Å². The van der Waals surface area contributed by atoms with Crippen molar-refractivity contribution in [2.75, 3.05) is 13.2 Å². The summed E-state index contributed by atoms with van der Waals surface area (Å²) in [6.07, 6.45) is 1.69. The highest BCUT2D eigenvalue weighted by Crippen LogP contribution is 2.32. The van der Waals surface area contributed by atoms with E-state index in [4.69, 9.17) is 4.74 Å². The minimum atomic E-state index is -4.26. The van der Waals surface area contributed by atoms with Crippen LogP contribution in [-0.4, -0.2) is 42.7 Å². The molecule has 0 fully saturated rings. The molecule has 0 bridgehead atoms. The van der Waals surface area contributed by atoms with Crippen LogP contribution >= 0.6 is 0 Å². The second-order valence-corrected chi connectivity index (χ2v) is 6.53. The monoisotopic (exact) mass is 389 g/mol. The largest absolute Gasteiger partial charge is 0.500 e. The molecule has 0 saturated carbocycles. The van der Waals surface area contributed by atoms with Gasteiger partial charge in [0.1, 0.15) is 0 Å². The minimum Gasteiger partial charge on any atom is -0.500 e. The van der Waals surface area contributed by atoms with Crippen molar-refractivity contribution in [3.05, 3.63) is 35.8 Å². The number of allylic oxidation sites excluding steroid dienone is 3. The third-order valence-electron chi connectivity index (χ3n) is 4.49. The van der Waals surface area contributed by atoms with Crippen LogP contribution in [-0.2, 0) is 9.53 Å². The molecule has 0 aromatic carbocycles. The highest BCUT2D eigenvalue weighted by atomic mass is 19.4. The minimum absolute atomic E-state index is 0.0716. The summed E-state index contributed by atoms with van der Waals surface area (Å²) in [5.74, 6) is -1.64. The molecule has 4 N–H and O–H groups in total. The Kier molecular flexibility index (Phi) is 7.73. The van der Waals surface area contributed by atoms with Crippen LogP contribution in [0.5, 0.6) is 0 Å². The van der Waals surface area contributed by atoms with Crippen LogP contribution in [0.15, 0.2) is 35.8 Å². The van der Waals surface area contributed by atoms with Crippen LogP contribution < -0.4 is 16.0 Å². The number of carbonyl (C=O) groups excluding carboxylic acids is 1. The van der Waals surface area contributed by atoms with Gasteiger partial charge < -0.3 is 20.5 Å². The summed E-state index contributed by atoms with van der Waals surface area (Å²) < 4.78 is 42.9. The average molecular weight is 389 g/mol. The number of hydrogen-bond acceptors (Lipinski definition) is 5. The molecule has 2 aliphatic rings. The third-order valence-corrected chi connectivity index (χ3v) is 4.49. The second kappa shape index (κ2) is 9.80. The molecule has 9 heteroatoms. The molecule has 3 atom stereocenters. The topological polar surface area (TPSA) is 82.6 Å². The van der Waals surface area contributed by atoms with Gasteiger partial charge in [-0.15, -0.1) is 0 Å². The van der Waals surface area contributed by atoms with Crippen molar-refractivity contribution in [1.82, 2.24) is 16.0 Å². The first-order valence-corrected chi connectivity index (χ1v) is 9.04. The maximum absolute atomic E-state index is 12.6. The lowest BCUT2D eigenvalue weighted by Crippen LogP contribution is -2.47. The van der Waals surface area contributed by atoms with Gasteiger partial charge >= 0.3 is 6.18 Å². The number of nitrogens with one attached hydrogen (secondary N) is 3. The van der Waals surface area contributed by atoms with E-state index in [0.717, 1.165) is 6.08 Å². The zero-order valence-electron chi connectivity index (χ0n) is 15.2. The number of carbonyl (C=O) groups is 1. The van der Waals surface area contributed by atoms with E-state index >= 15 is 0 Å². The number of aliphatic hydroxyl groups is 1. The molecule has 1 heterocycles. The highest BCUT2D eigenvalue weighted by molar-refractivity contribution is 5.93. The number of halogens is 3. The molecular weight excluding hydrogens is 363 g/mol. The maximum Gasteiger partial charge on any atom is 0.395 e. The number of aliphatic hydroxyl groups excluding tert-OH is 1. The molecule has 6 nitrogen and oxygen atoms in total. The lowest BCUT2D eigenvalue weighted by Gasteiger charge is -2.25. The molecule has 0 spiro atoms. The molecule has 3 unspecified atom stereocenters. The summed E-state index contributed by atoms with van der Waals surface area (Å²) in [7, 11) is 0. The van der Waals surface area contributed by atoms with Crippen LogP contribution in [0.1, 0.15) is 32.6 Å². The van der Waals surface area contributed by atoms with Gasteiger partial charge in [-0.05, 0) is 25.3 Å². The summed E-state index contributed by atoms with van der Waals surface area (Å²) in [5, 5.41) is 18.6. The Bertz CT molecular complexity index is 602. The van der Waals surface area contributed by atoms with Gasteiger partial charge in [0.05, 0.1) is 24.4 Å². The maximum atomic E-state index is 12.6. The quantitative estimate of drug-likeness (QED) is 0.454. The number of amides is 1. The number of hydrogen-bond donors (Lipinski definition) is 4. The summed E-state index contributed by atoms with van der Waals surface area (Å²) in [6, 6.07) is -0.0716. The standard InChI is InChI=1S/C18H26F3N3O3/c1-2-14(7-9-22-16(25)12-8-10-27-11-12)23-17(26)24-15-5-3-13(4-6-15)18(19,20)21/h3,5-6,11,13-14,17,23-24,26H,2,4,7-10H2,1H3,(H,22,25). The Morgan fingerprint density at radius 3 is 2.78 bits per heavy atom. The van der Waals surface area contributed by atoms with Crippen molar-refractivity contribution in [3.63, 3.8) is 0 Å². The smallest absolute Gasteiger partial charge is 0.395 e. The van der Waals surface area contributed by atoms with Gasteiger partial charge in [0.15, 0.2) is 6.35 Å². The van der Waals surface area contributed by atoms with Crippen molar-refractivity contribution < 1.29 is 27.8 Å². The van der Waals surface area contributed by atoms with E-state index in [1.165, 1.54) is 18.4 Å². The fraction of sp³-hybridized carbons (Fsp3) is 0.611. The van der Waals surface area contributed by atoms with Crippen LogP contribution in [0.3, 0.4) is 0 Å².